The van der Waals surface area contributed by atoms with Gasteiger partial charge in [0, 0.05) is 22.9 Å². The monoisotopic (exact) mass is 459 g/mol. The third-order valence-electron chi connectivity index (χ3n) is 5.39. The van der Waals surface area contributed by atoms with Gasteiger partial charge in [0.15, 0.2) is 0 Å². The quantitative estimate of drug-likeness (QED) is 0.314. The first-order chi connectivity index (χ1) is 15.1. The molecule has 0 aromatic heterocycles. The molecule has 0 saturated heterocycles. The summed E-state index contributed by atoms with van der Waals surface area (Å²) in [6, 6.07) is 17.0. The Labute approximate surface area is 188 Å². The van der Waals surface area contributed by atoms with E-state index in [1.807, 2.05) is 6.92 Å². The van der Waals surface area contributed by atoms with E-state index in [1.54, 1.807) is 6.92 Å². The van der Waals surface area contributed by atoms with Crippen LogP contribution in [-0.2, 0) is 16.7 Å². The van der Waals surface area contributed by atoms with E-state index in [-0.39, 0.29) is 13.2 Å². The van der Waals surface area contributed by atoms with E-state index in [9.17, 15) is 18.6 Å². The van der Waals surface area contributed by atoms with E-state index < -0.39 is 15.7 Å². The molecule has 4 rings (SSSR count). The van der Waals surface area contributed by atoms with Gasteiger partial charge in [-0.25, -0.2) is 0 Å². The summed E-state index contributed by atoms with van der Waals surface area (Å²) in [6.45, 7) is 4.60. The van der Waals surface area contributed by atoms with Crippen molar-refractivity contribution in [2.24, 2.45) is 0 Å². The molecule has 0 heterocycles. The fourth-order valence-corrected chi connectivity index (χ4v) is 3.82. The Balaban J connectivity index is 0.000000523. The Kier molecular flexibility index (Phi) is 7.22. The molecule has 3 aromatic rings. The van der Waals surface area contributed by atoms with Gasteiger partial charge in [0.2, 0.25) is 0 Å². The predicted molar refractivity (Wildman–Crippen MR) is 126 cm³/mol. The normalized spacial score (nSPS) is 12.3. The molecule has 0 fully saturated rings. The van der Waals surface area contributed by atoms with Crippen molar-refractivity contribution in [3.8, 4) is 28.0 Å². The van der Waals surface area contributed by atoms with Crippen molar-refractivity contribution in [3.05, 3.63) is 54.1 Å². The average Bonchev–Trinajstić information content (AvgIpc) is 3.08. The first-order valence-electron chi connectivity index (χ1n) is 10.3. The van der Waals surface area contributed by atoms with Gasteiger partial charge in [0.05, 0.1) is 31.6 Å². The zero-order valence-electron chi connectivity index (χ0n) is 18.4. The highest BCUT2D eigenvalue weighted by molar-refractivity contribution is 7.85. The molecule has 3 aromatic carbocycles. The van der Waals surface area contributed by atoms with Gasteiger partial charge in [0.25, 0.3) is 10.1 Å². The van der Waals surface area contributed by atoms with E-state index in [0.29, 0.717) is 19.4 Å². The molecule has 0 atom stereocenters. The molecule has 32 heavy (non-hydrogen) atoms. The molecule has 0 radical (unpaired) electrons. The Hall–Kier alpha value is -2.49. The second kappa shape index (κ2) is 9.56. The third kappa shape index (κ3) is 5.11. The fraction of sp³-hybridized carbons (Fsp3) is 0.333. The maximum Gasteiger partial charge on any atom is 0.261 e. The molecule has 0 aliphatic heterocycles. The van der Waals surface area contributed by atoms with Crippen LogP contribution in [0.5, 0.6) is 5.75 Å². The molecule has 4 N–H and O–H groups in total. The van der Waals surface area contributed by atoms with E-state index in [1.165, 1.54) is 27.6 Å². The third-order valence-corrected chi connectivity index (χ3v) is 5.39. The van der Waals surface area contributed by atoms with Crippen molar-refractivity contribution >= 4 is 20.9 Å². The number of aliphatic hydroxyl groups excluding tert-OH is 2. The Bertz CT molecular complexity index is 1210. The molecule has 1 aliphatic rings. The molecule has 0 unspecified atom stereocenters. The molecule has 0 spiro atoms. The van der Waals surface area contributed by atoms with Gasteiger partial charge in [-0.2, -0.15) is 8.42 Å². The number of ether oxygens (including phenoxy) is 1. The van der Waals surface area contributed by atoms with Crippen LogP contribution in [0.1, 0.15) is 19.4 Å². The molecule has 0 saturated carbocycles. The van der Waals surface area contributed by atoms with Crippen molar-refractivity contribution in [2.75, 3.05) is 26.1 Å². The number of hydrogen-bond donors (Lipinski definition) is 4. The van der Waals surface area contributed by atoms with Gasteiger partial charge < -0.3 is 20.3 Å². The van der Waals surface area contributed by atoms with Crippen LogP contribution in [0.25, 0.3) is 33.0 Å². The lowest BCUT2D eigenvalue weighted by molar-refractivity contribution is 0.103. The van der Waals surface area contributed by atoms with E-state index in [4.69, 9.17) is 9.29 Å². The summed E-state index contributed by atoms with van der Waals surface area (Å²) in [5.74, 6) is 0.872. The minimum absolute atomic E-state index is 0.138. The summed E-state index contributed by atoms with van der Waals surface area (Å²) in [4.78, 5) is 0. The number of rotatable bonds is 7. The first kappa shape index (κ1) is 24.2. The smallest absolute Gasteiger partial charge is 0.261 e. The zero-order valence-corrected chi connectivity index (χ0v) is 19.2. The maximum absolute atomic E-state index is 9.59. The average molecular weight is 460 g/mol. The van der Waals surface area contributed by atoms with Crippen LogP contribution in [0.2, 0.25) is 0 Å². The van der Waals surface area contributed by atoms with Crippen LogP contribution in [0.15, 0.2) is 48.5 Å². The van der Waals surface area contributed by atoms with Gasteiger partial charge in [-0.15, -0.1) is 0 Å². The highest BCUT2D eigenvalue weighted by Crippen LogP contribution is 2.50. The number of aliphatic hydroxyl groups is 2. The van der Waals surface area contributed by atoms with E-state index in [2.05, 4.69) is 53.8 Å². The lowest BCUT2D eigenvalue weighted by Gasteiger charge is -2.27. The molecule has 7 nitrogen and oxygen atoms in total. The van der Waals surface area contributed by atoms with Crippen LogP contribution in [0, 0.1) is 0 Å². The van der Waals surface area contributed by atoms with Gasteiger partial charge in [-0.05, 0) is 42.2 Å². The highest BCUT2D eigenvalue weighted by Gasteiger charge is 2.26. The zero-order chi connectivity index (χ0) is 23.5. The van der Waals surface area contributed by atoms with Crippen LogP contribution in [-0.4, -0.2) is 54.8 Å². The maximum atomic E-state index is 9.59. The van der Waals surface area contributed by atoms with E-state index >= 15 is 0 Å². The van der Waals surface area contributed by atoms with Crippen molar-refractivity contribution < 1.29 is 27.9 Å². The van der Waals surface area contributed by atoms with Crippen LogP contribution in [0.4, 0.5) is 0 Å². The molecule has 8 heteroatoms. The van der Waals surface area contributed by atoms with Gasteiger partial charge in [-0.3, -0.25) is 4.55 Å². The predicted octanol–water partition coefficient (Wildman–Crippen LogP) is 3.22. The molecule has 1 aliphatic carbocycles. The van der Waals surface area contributed by atoms with Gasteiger partial charge in [-0.1, -0.05) is 42.5 Å². The Morgan fingerprint density at radius 1 is 0.969 bits per heavy atom. The van der Waals surface area contributed by atoms with Crippen LogP contribution in [0.3, 0.4) is 0 Å². The first-order valence-corrected chi connectivity index (χ1v) is 12.2. The molecule has 172 valence electrons. The lowest BCUT2D eigenvalue weighted by Crippen LogP contribution is -2.48. The number of hydrogen-bond acceptors (Lipinski definition) is 6. The number of fused-ring (bicyclic) bond motifs is 3. The lowest BCUT2D eigenvalue weighted by atomic mass is 9.97. The van der Waals surface area contributed by atoms with Crippen molar-refractivity contribution in [2.45, 2.75) is 25.9 Å². The summed E-state index contributed by atoms with van der Waals surface area (Å²) in [6.07, 6.45) is 0.715. The second-order valence-electron chi connectivity index (χ2n) is 8.08. The van der Waals surface area contributed by atoms with Crippen LogP contribution < -0.4 is 10.1 Å². The second-order valence-corrected chi connectivity index (χ2v) is 9.55. The van der Waals surface area contributed by atoms with Crippen molar-refractivity contribution in [1.29, 1.82) is 0 Å². The van der Waals surface area contributed by atoms with Crippen LogP contribution >= 0.6 is 0 Å². The number of benzene rings is 3. The van der Waals surface area contributed by atoms with E-state index in [0.717, 1.165) is 16.7 Å². The molecule has 0 amide bonds. The minimum atomic E-state index is -3.67. The standard InChI is InChI=1S/C23H25NO3.CH4O3S/c1-3-27-22-15(12-24-23(2,13-25)14-26)11-20-17-8-5-4-7-16(17)18-9-6-10-19(22)21(18)20;1-5(2,3)4/h4-11,24-26H,3,12-14H2,1-2H3;1H3,(H,2,3,4). The molecule has 0 bridgehead atoms. The summed E-state index contributed by atoms with van der Waals surface area (Å²) < 4.78 is 31.9. The molecular formula is C24H29NO6S. The number of nitrogens with one attached hydrogen (secondary N) is 1. The summed E-state index contributed by atoms with van der Waals surface area (Å²) in [5.41, 5.74) is 5.24. The van der Waals surface area contributed by atoms with Gasteiger partial charge >= 0.3 is 0 Å². The highest BCUT2D eigenvalue weighted by atomic mass is 32.2. The van der Waals surface area contributed by atoms with Crippen molar-refractivity contribution in [1.82, 2.24) is 5.32 Å². The Morgan fingerprint density at radius 2 is 1.53 bits per heavy atom. The van der Waals surface area contributed by atoms with Crippen molar-refractivity contribution in [3.63, 3.8) is 0 Å². The summed E-state index contributed by atoms with van der Waals surface area (Å²) in [5, 5.41) is 24.8. The topological polar surface area (TPSA) is 116 Å². The largest absolute Gasteiger partial charge is 0.493 e. The van der Waals surface area contributed by atoms with Gasteiger partial charge in [0.1, 0.15) is 5.75 Å². The summed E-state index contributed by atoms with van der Waals surface area (Å²) >= 11 is 0. The SMILES string of the molecule is CCOc1c(CNC(C)(CO)CO)cc2c3c(cccc13)-c1ccccc1-2.CS(=O)(=O)O. The summed E-state index contributed by atoms with van der Waals surface area (Å²) in [7, 11) is -3.67. The fourth-order valence-electron chi connectivity index (χ4n) is 3.82. The molecular weight excluding hydrogens is 430 g/mol. The minimum Gasteiger partial charge on any atom is -0.493 e. The Morgan fingerprint density at radius 3 is 2.09 bits per heavy atom.